The third-order valence-electron chi connectivity index (χ3n) is 5.63. The number of carbonyl (C=O) groups is 2. The number of aryl methyl sites for hydroxylation is 1. The van der Waals surface area contributed by atoms with Gasteiger partial charge in [-0.2, -0.15) is 0 Å². The first kappa shape index (κ1) is 22.4. The second-order valence-electron chi connectivity index (χ2n) is 8.95. The summed E-state index contributed by atoms with van der Waals surface area (Å²) in [6.07, 6.45) is 1.81. The molecular weight excluding hydrogens is 440 g/mol. The van der Waals surface area contributed by atoms with Crippen molar-refractivity contribution in [1.82, 2.24) is 4.57 Å². The molecule has 32 heavy (non-hydrogen) atoms. The second kappa shape index (κ2) is 8.30. The van der Waals surface area contributed by atoms with Crippen LogP contribution in [0.5, 0.6) is 0 Å². The first-order valence-electron chi connectivity index (χ1n) is 10.4. The summed E-state index contributed by atoms with van der Waals surface area (Å²) in [5, 5.41) is 0.245. The van der Waals surface area contributed by atoms with E-state index in [9.17, 15) is 9.59 Å². The molecule has 2 amide bonds. The molecule has 0 bridgehead atoms. The van der Waals surface area contributed by atoms with Crippen molar-refractivity contribution in [1.29, 1.82) is 0 Å². The summed E-state index contributed by atoms with van der Waals surface area (Å²) in [5.74, 6) is -0.318. The zero-order valence-corrected chi connectivity index (χ0v) is 20.3. The lowest BCUT2D eigenvalue weighted by Gasteiger charge is -2.20. The number of anilines is 1. The Balaban J connectivity index is 1.66. The number of rotatable bonds is 3. The molecule has 2 aromatic carbocycles. The van der Waals surface area contributed by atoms with E-state index in [0.29, 0.717) is 15.6 Å². The largest absolute Gasteiger partial charge is 0.318 e. The van der Waals surface area contributed by atoms with Crippen LogP contribution in [0.1, 0.15) is 43.3 Å². The molecule has 0 aliphatic carbocycles. The van der Waals surface area contributed by atoms with Crippen molar-refractivity contribution in [2.24, 2.45) is 0 Å². The Morgan fingerprint density at radius 2 is 1.50 bits per heavy atom. The molecule has 4 rings (SSSR count). The van der Waals surface area contributed by atoms with E-state index >= 15 is 0 Å². The van der Waals surface area contributed by atoms with Crippen molar-refractivity contribution >= 4 is 46.3 Å². The number of nitrogens with zero attached hydrogens (tertiary/aromatic N) is 2. The average Bonchev–Trinajstić information content (AvgIpc) is 3.17. The Kier molecular flexibility index (Phi) is 5.82. The molecule has 0 atom stereocenters. The molecular formula is C26H25ClN2O2S. The molecule has 2 heterocycles. The summed E-state index contributed by atoms with van der Waals surface area (Å²) in [4.78, 5) is 27.1. The van der Waals surface area contributed by atoms with Crippen molar-refractivity contribution in [3.63, 3.8) is 0 Å². The summed E-state index contributed by atoms with van der Waals surface area (Å²) in [6, 6.07) is 17.3. The fourth-order valence-electron chi connectivity index (χ4n) is 3.86. The minimum absolute atomic E-state index is 0.0947. The minimum atomic E-state index is -0.318. The van der Waals surface area contributed by atoms with E-state index in [1.165, 1.54) is 10.5 Å². The van der Waals surface area contributed by atoms with Gasteiger partial charge in [-0.15, -0.1) is 0 Å². The first-order valence-corrected chi connectivity index (χ1v) is 11.6. The Hall–Kier alpha value is -2.76. The SMILES string of the molecule is Cc1cc(/C=C2/SC(=O)N(c3ccc(Cl)cc3)C2=O)c(C)n1-c1ccc(C(C)(C)C)cc1. The van der Waals surface area contributed by atoms with Crippen LogP contribution >= 0.6 is 23.4 Å². The number of aromatic nitrogens is 1. The topological polar surface area (TPSA) is 42.3 Å². The summed E-state index contributed by atoms with van der Waals surface area (Å²) in [7, 11) is 0. The maximum atomic E-state index is 13.0. The van der Waals surface area contributed by atoms with Crippen molar-refractivity contribution in [2.75, 3.05) is 4.90 Å². The average molecular weight is 465 g/mol. The maximum Gasteiger partial charge on any atom is 0.298 e. The van der Waals surface area contributed by atoms with Crippen LogP contribution in [0, 0.1) is 13.8 Å². The summed E-state index contributed by atoms with van der Waals surface area (Å²) >= 11 is 6.89. The zero-order chi connectivity index (χ0) is 23.2. The Bertz CT molecular complexity index is 1230. The van der Waals surface area contributed by atoms with E-state index in [-0.39, 0.29) is 16.6 Å². The summed E-state index contributed by atoms with van der Waals surface area (Å²) in [6.45, 7) is 10.7. The molecule has 0 radical (unpaired) electrons. The van der Waals surface area contributed by atoms with E-state index in [0.717, 1.165) is 34.4 Å². The number of halogens is 1. The van der Waals surface area contributed by atoms with Crippen LogP contribution in [0.2, 0.25) is 5.02 Å². The van der Waals surface area contributed by atoms with Crippen molar-refractivity contribution in [3.05, 3.63) is 87.0 Å². The molecule has 1 aromatic heterocycles. The molecule has 1 aliphatic rings. The fraction of sp³-hybridized carbons (Fsp3) is 0.231. The predicted octanol–water partition coefficient (Wildman–Crippen LogP) is 7.29. The molecule has 0 N–H and O–H groups in total. The molecule has 0 spiro atoms. The first-order chi connectivity index (χ1) is 15.1. The number of carbonyl (C=O) groups excluding carboxylic acids is 2. The van der Waals surface area contributed by atoms with Gasteiger partial charge in [0.15, 0.2) is 0 Å². The zero-order valence-electron chi connectivity index (χ0n) is 18.8. The van der Waals surface area contributed by atoms with Crippen LogP contribution in [-0.4, -0.2) is 15.7 Å². The van der Waals surface area contributed by atoms with Gasteiger partial charge in [-0.05, 0) is 90.7 Å². The molecule has 0 saturated carbocycles. The molecule has 4 nitrogen and oxygen atoms in total. The Morgan fingerprint density at radius 1 is 0.906 bits per heavy atom. The van der Waals surface area contributed by atoms with Gasteiger partial charge in [-0.25, -0.2) is 4.90 Å². The lowest BCUT2D eigenvalue weighted by atomic mass is 9.87. The van der Waals surface area contributed by atoms with Crippen LogP contribution in [0.4, 0.5) is 10.5 Å². The Morgan fingerprint density at radius 3 is 2.09 bits per heavy atom. The van der Waals surface area contributed by atoms with Gasteiger partial charge in [0.2, 0.25) is 0 Å². The number of hydrogen-bond donors (Lipinski definition) is 0. The number of thioether (sulfide) groups is 1. The van der Waals surface area contributed by atoms with Gasteiger partial charge in [0.25, 0.3) is 11.1 Å². The third kappa shape index (κ3) is 4.15. The maximum absolute atomic E-state index is 13.0. The lowest BCUT2D eigenvalue weighted by Crippen LogP contribution is -2.27. The van der Waals surface area contributed by atoms with Gasteiger partial charge in [0.1, 0.15) is 0 Å². The van der Waals surface area contributed by atoms with Crippen LogP contribution in [-0.2, 0) is 10.2 Å². The number of hydrogen-bond acceptors (Lipinski definition) is 3. The minimum Gasteiger partial charge on any atom is -0.318 e. The van der Waals surface area contributed by atoms with E-state index in [2.05, 4.69) is 49.6 Å². The molecule has 164 valence electrons. The summed E-state index contributed by atoms with van der Waals surface area (Å²) in [5.41, 5.74) is 5.96. The van der Waals surface area contributed by atoms with Crippen molar-refractivity contribution in [2.45, 2.75) is 40.0 Å². The predicted molar refractivity (Wildman–Crippen MR) is 134 cm³/mol. The van der Waals surface area contributed by atoms with Crippen LogP contribution in [0.3, 0.4) is 0 Å². The molecule has 1 aliphatic heterocycles. The number of imide groups is 1. The highest BCUT2D eigenvalue weighted by Crippen LogP contribution is 2.37. The highest BCUT2D eigenvalue weighted by molar-refractivity contribution is 8.19. The molecule has 1 fully saturated rings. The van der Waals surface area contributed by atoms with Crippen LogP contribution in [0.25, 0.3) is 11.8 Å². The fourth-order valence-corrected chi connectivity index (χ4v) is 4.82. The van der Waals surface area contributed by atoms with E-state index in [1.807, 2.05) is 26.0 Å². The van der Waals surface area contributed by atoms with Crippen molar-refractivity contribution in [3.8, 4) is 5.69 Å². The quantitative estimate of drug-likeness (QED) is 0.382. The van der Waals surface area contributed by atoms with Gasteiger partial charge in [0, 0.05) is 22.1 Å². The number of benzene rings is 2. The molecule has 1 saturated heterocycles. The standard InChI is InChI=1S/C26H25ClN2O2S/c1-16-14-18(17(2)28(16)21-10-6-19(7-11-21)26(3,4)5)15-23-24(30)29(25(31)32-23)22-12-8-20(27)9-13-22/h6-15H,1-5H3/b23-15+. The highest BCUT2D eigenvalue weighted by Gasteiger charge is 2.36. The van der Waals surface area contributed by atoms with Gasteiger partial charge < -0.3 is 4.57 Å². The van der Waals surface area contributed by atoms with Crippen LogP contribution in [0.15, 0.2) is 59.5 Å². The normalized spacial score (nSPS) is 15.8. The molecule has 6 heteroatoms. The third-order valence-corrected chi connectivity index (χ3v) is 6.75. The van der Waals surface area contributed by atoms with Crippen molar-refractivity contribution < 1.29 is 9.59 Å². The molecule has 3 aromatic rings. The van der Waals surface area contributed by atoms with Gasteiger partial charge in [-0.3, -0.25) is 9.59 Å². The Labute approximate surface area is 197 Å². The number of amides is 2. The lowest BCUT2D eigenvalue weighted by molar-refractivity contribution is -0.113. The highest BCUT2D eigenvalue weighted by atomic mass is 35.5. The summed E-state index contributed by atoms with van der Waals surface area (Å²) < 4.78 is 2.17. The molecule has 0 unspecified atom stereocenters. The smallest absolute Gasteiger partial charge is 0.298 e. The monoisotopic (exact) mass is 464 g/mol. The second-order valence-corrected chi connectivity index (χ2v) is 10.4. The van der Waals surface area contributed by atoms with E-state index in [1.54, 1.807) is 24.3 Å². The van der Waals surface area contributed by atoms with Gasteiger partial charge >= 0.3 is 0 Å². The van der Waals surface area contributed by atoms with Gasteiger partial charge in [-0.1, -0.05) is 44.5 Å². The van der Waals surface area contributed by atoms with E-state index < -0.39 is 0 Å². The van der Waals surface area contributed by atoms with E-state index in [4.69, 9.17) is 11.6 Å². The van der Waals surface area contributed by atoms with Crippen LogP contribution < -0.4 is 4.90 Å². The van der Waals surface area contributed by atoms with Gasteiger partial charge in [0.05, 0.1) is 10.6 Å².